The molecule has 0 spiro atoms. The molecule has 3 amide bonds. The molecule has 2 N–H and O–H groups in total. The van der Waals surface area contributed by atoms with Gasteiger partial charge in [0.15, 0.2) is 0 Å². The van der Waals surface area contributed by atoms with Crippen molar-refractivity contribution in [1.82, 2.24) is 10.9 Å². The van der Waals surface area contributed by atoms with Gasteiger partial charge in [-0.3, -0.25) is 25.2 Å². The first kappa shape index (κ1) is 18.6. The minimum absolute atomic E-state index is 0.0975. The van der Waals surface area contributed by atoms with Gasteiger partial charge < -0.3 is 4.90 Å². The molecule has 0 radical (unpaired) electrons. The minimum Gasteiger partial charge on any atom is -0.312 e. The maximum absolute atomic E-state index is 12.4. The molecular weight excluding hydrogens is 342 g/mol. The Morgan fingerprint density at radius 2 is 1.63 bits per heavy atom. The molecule has 27 heavy (non-hydrogen) atoms. The summed E-state index contributed by atoms with van der Waals surface area (Å²) < 4.78 is 0. The van der Waals surface area contributed by atoms with E-state index in [4.69, 9.17) is 0 Å². The fourth-order valence-corrected chi connectivity index (χ4v) is 3.21. The second-order valence-electron chi connectivity index (χ2n) is 7.00. The van der Waals surface area contributed by atoms with E-state index in [1.807, 2.05) is 57.2 Å². The van der Waals surface area contributed by atoms with Crippen molar-refractivity contribution in [2.24, 2.45) is 5.92 Å². The Bertz CT molecular complexity index is 890. The van der Waals surface area contributed by atoms with E-state index in [1.165, 1.54) is 0 Å². The summed E-state index contributed by atoms with van der Waals surface area (Å²) in [5, 5.41) is 0. The second-order valence-corrected chi connectivity index (χ2v) is 7.00. The standard InChI is InChI=1S/C21H23N3O3/c1-13-4-7-17(8-5-13)24-12-16(11-19(24)25)20(26)22-23-21(27)18-9-6-14(2)10-15(18)3/h4-10,16H,11-12H2,1-3H3,(H,22,26)(H,23,27)/t16-/m1/s1. The Labute approximate surface area is 158 Å². The van der Waals surface area contributed by atoms with Gasteiger partial charge in [-0.1, -0.05) is 35.4 Å². The predicted molar refractivity (Wildman–Crippen MR) is 103 cm³/mol. The van der Waals surface area contributed by atoms with Crippen LogP contribution in [0, 0.1) is 26.7 Å². The molecule has 1 saturated heterocycles. The van der Waals surface area contributed by atoms with Gasteiger partial charge in [0.25, 0.3) is 5.91 Å². The maximum atomic E-state index is 12.4. The fraction of sp³-hybridized carbons (Fsp3) is 0.286. The van der Waals surface area contributed by atoms with Crippen LogP contribution < -0.4 is 15.8 Å². The lowest BCUT2D eigenvalue weighted by Gasteiger charge is -2.17. The molecule has 6 heteroatoms. The normalized spacial score (nSPS) is 16.3. The Hall–Kier alpha value is -3.15. The number of amides is 3. The Morgan fingerprint density at radius 3 is 2.30 bits per heavy atom. The molecule has 2 aromatic carbocycles. The minimum atomic E-state index is -0.502. The number of nitrogens with zero attached hydrogens (tertiary/aromatic N) is 1. The molecule has 6 nitrogen and oxygen atoms in total. The van der Waals surface area contributed by atoms with Crippen LogP contribution in [-0.4, -0.2) is 24.3 Å². The van der Waals surface area contributed by atoms with Gasteiger partial charge in [0.1, 0.15) is 0 Å². The maximum Gasteiger partial charge on any atom is 0.269 e. The number of hydrazine groups is 1. The number of hydrogen-bond acceptors (Lipinski definition) is 3. The van der Waals surface area contributed by atoms with Crippen molar-refractivity contribution in [3.05, 3.63) is 64.7 Å². The molecule has 1 fully saturated rings. The number of nitrogens with one attached hydrogen (secondary N) is 2. The first-order valence-corrected chi connectivity index (χ1v) is 8.89. The van der Waals surface area contributed by atoms with Gasteiger partial charge >= 0.3 is 0 Å². The van der Waals surface area contributed by atoms with Crippen LogP contribution in [-0.2, 0) is 9.59 Å². The molecule has 0 aromatic heterocycles. The smallest absolute Gasteiger partial charge is 0.269 e. The molecule has 0 aliphatic carbocycles. The first-order valence-electron chi connectivity index (χ1n) is 8.89. The van der Waals surface area contributed by atoms with Crippen LogP contribution in [0.2, 0.25) is 0 Å². The van der Waals surface area contributed by atoms with Gasteiger partial charge in [-0.05, 0) is 44.5 Å². The summed E-state index contributed by atoms with van der Waals surface area (Å²) in [5.41, 5.74) is 9.18. The van der Waals surface area contributed by atoms with E-state index < -0.39 is 5.92 Å². The fourth-order valence-electron chi connectivity index (χ4n) is 3.21. The zero-order valence-electron chi connectivity index (χ0n) is 15.7. The highest BCUT2D eigenvalue weighted by Crippen LogP contribution is 2.25. The highest BCUT2D eigenvalue weighted by atomic mass is 16.2. The third kappa shape index (κ3) is 4.16. The van der Waals surface area contributed by atoms with Gasteiger partial charge in [0.05, 0.1) is 5.92 Å². The van der Waals surface area contributed by atoms with E-state index in [1.54, 1.807) is 11.0 Å². The number of carbonyl (C=O) groups is 3. The summed E-state index contributed by atoms with van der Waals surface area (Å²) in [6.07, 6.45) is 0.124. The highest BCUT2D eigenvalue weighted by Gasteiger charge is 2.35. The summed E-state index contributed by atoms with van der Waals surface area (Å²) in [4.78, 5) is 38.5. The average Bonchev–Trinajstić information content (AvgIpc) is 3.02. The van der Waals surface area contributed by atoms with E-state index in [0.29, 0.717) is 12.1 Å². The molecule has 1 heterocycles. The van der Waals surface area contributed by atoms with E-state index in [-0.39, 0.29) is 24.1 Å². The summed E-state index contributed by atoms with van der Waals surface area (Å²) in [7, 11) is 0. The molecule has 0 saturated carbocycles. The number of benzene rings is 2. The Morgan fingerprint density at radius 1 is 0.963 bits per heavy atom. The van der Waals surface area contributed by atoms with E-state index in [2.05, 4.69) is 10.9 Å². The second kappa shape index (κ2) is 7.61. The summed E-state index contributed by atoms with van der Waals surface area (Å²) in [5.74, 6) is -1.34. The largest absolute Gasteiger partial charge is 0.312 e. The third-order valence-corrected chi connectivity index (χ3v) is 4.77. The number of hydrogen-bond donors (Lipinski definition) is 2. The number of rotatable bonds is 3. The van der Waals surface area contributed by atoms with E-state index >= 15 is 0 Å². The lowest BCUT2D eigenvalue weighted by atomic mass is 10.1. The van der Waals surface area contributed by atoms with Crippen LogP contribution >= 0.6 is 0 Å². The van der Waals surface area contributed by atoms with Crippen LogP contribution in [0.5, 0.6) is 0 Å². The Balaban J connectivity index is 1.59. The average molecular weight is 365 g/mol. The van der Waals surface area contributed by atoms with Gasteiger partial charge in [0, 0.05) is 24.2 Å². The lowest BCUT2D eigenvalue weighted by Crippen LogP contribution is -2.45. The van der Waals surface area contributed by atoms with Crippen LogP contribution in [0.25, 0.3) is 0 Å². The number of carbonyl (C=O) groups excluding carboxylic acids is 3. The van der Waals surface area contributed by atoms with Crippen LogP contribution in [0.4, 0.5) is 5.69 Å². The Kier molecular flexibility index (Phi) is 5.26. The number of anilines is 1. The predicted octanol–water partition coefficient (Wildman–Crippen LogP) is 2.43. The monoisotopic (exact) mass is 365 g/mol. The van der Waals surface area contributed by atoms with Crippen molar-refractivity contribution < 1.29 is 14.4 Å². The van der Waals surface area contributed by atoms with Crippen molar-refractivity contribution in [1.29, 1.82) is 0 Å². The van der Waals surface area contributed by atoms with Crippen LogP contribution in [0.15, 0.2) is 42.5 Å². The molecule has 3 rings (SSSR count). The van der Waals surface area contributed by atoms with Gasteiger partial charge in [-0.2, -0.15) is 0 Å². The molecule has 1 aliphatic rings. The van der Waals surface area contributed by atoms with Crippen molar-refractivity contribution in [3.8, 4) is 0 Å². The SMILES string of the molecule is Cc1ccc(N2C[C@H](C(=O)NNC(=O)c3ccc(C)cc3C)CC2=O)cc1. The van der Waals surface area contributed by atoms with Crippen LogP contribution in [0.3, 0.4) is 0 Å². The van der Waals surface area contributed by atoms with Crippen molar-refractivity contribution >= 4 is 23.4 Å². The van der Waals surface area contributed by atoms with Crippen molar-refractivity contribution in [2.75, 3.05) is 11.4 Å². The topological polar surface area (TPSA) is 78.5 Å². The zero-order valence-corrected chi connectivity index (χ0v) is 15.7. The van der Waals surface area contributed by atoms with E-state index in [9.17, 15) is 14.4 Å². The van der Waals surface area contributed by atoms with Crippen molar-refractivity contribution in [2.45, 2.75) is 27.2 Å². The quantitative estimate of drug-likeness (QED) is 0.820. The van der Waals surface area contributed by atoms with Gasteiger partial charge in [0.2, 0.25) is 11.8 Å². The van der Waals surface area contributed by atoms with Gasteiger partial charge in [-0.15, -0.1) is 0 Å². The van der Waals surface area contributed by atoms with Crippen LogP contribution in [0.1, 0.15) is 33.5 Å². The third-order valence-electron chi connectivity index (χ3n) is 4.77. The number of aryl methyl sites for hydroxylation is 3. The van der Waals surface area contributed by atoms with E-state index in [0.717, 1.165) is 22.4 Å². The summed E-state index contributed by atoms with van der Waals surface area (Å²) in [6.45, 7) is 6.07. The molecule has 1 atom stereocenters. The molecule has 0 bridgehead atoms. The molecule has 140 valence electrons. The summed E-state index contributed by atoms with van der Waals surface area (Å²) in [6, 6.07) is 13.1. The molecule has 1 aliphatic heterocycles. The van der Waals surface area contributed by atoms with Crippen molar-refractivity contribution in [3.63, 3.8) is 0 Å². The lowest BCUT2D eigenvalue weighted by molar-refractivity contribution is -0.126. The highest BCUT2D eigenvalue weighted by molar-refractivity contribution is 6.01. The zero-order chi connectivity index (χ0) is 19.6. The van der Waals surface area contributed by atoms with Gasteiger partial charge in [-0.25, -0.2) is 0 Å². The molecule has 2 aromatic rings. The molecular formula is C21H23N3O3. The summed E-state index contributed by atoms with van der Waals surface area (Å²) >= 11 is 0. The first-order chi connectivity index (χ1) is 12.8. The molecule has 0 unspecified atom stereocenters.